The summed E-state index contributed by atoms with van der Waals surface area (Å²) in [4.78, 5) is 216. The van der Waals surface area contributed by atoms with E-state index < -0.39 is 181 Å². The second-order valence-corrected chi connectivity index (χ2v) is 26.0. The Morgan fingerprint density at radius 2 is 1.17 bits per heavy atom. The van der Waals surface area contributed by atoms with Crippen LogP contribution in [-0.2, 0) is 75.2 Å². The highest BCUT2D eigenvalue weighted by Gasteiger charge is 2.39. The molecule has 2 aromatic heterocycles. The van der Waals surface area contributed by atoms with Crippen molar-refractivity contribution in [1.29, 1.82) is 0 Å². The monoisotopic (exact) mass is 1390 g/mol. The van der Waals surface area contributed by atoms with Crippen molar-refractivity contribution in [3.05, 3.63) is 70.2 Å². The molecule has 0 radical (unpaired) electrons. The molecule has 0 bridgehead atoms. The summed E-state index contributed by atoms with van der Waals surface area (Å²) < 4.78 is 0. The molecule has 1 aromatic carbocycles. The third-order valence-corrected chi connectivity index (χ3v) is 16.7. The third kappa shape index (κ3) is 26.7. The molecule has 0 saturated carbocycles. The minimum Gasteiger partial charge on any atom is -0.481 e. The van der Waals surface area contributed by atoms with Crippen LogP contribution in [0.3, 0.4) is 0 Å². The highest BCUT2D eigenvalue weighted by atomic mass is 32.1. The number of H-pyrrole nitrogens is 1. The number of aromatic amines is 1. The van der Waals surface area contributed by atoms with Crippen LogP contribution in [0.2, 0.25) is 0 Å². The number of rotatable bonds is 33. The van der Waals surface area contributed by atoms with Crippen LogP contribution in [0.4, 0.5) is 0 Å². The number of amides is 12. The maximum Gasteiger partial charge on any atom is 0.305 e. The Bertz CT molecular complexity index is 3270. The van der Waals surface area contributed by atoms with Gasteiger partial charge in [0.2, 0.25) is 65.0 Å². The fourth-order valence-corrected chi connectivity index (χ4v) is 11.0. The van der Waals surface area contributed by atoms with E-state index in [1.807, 2.05) is 6.92 Å². The first-order chi connectivity index (χ1) is 46.3. The van der Waals surface area contributed by atoms with Crippen LogP contribution in [0.1, 0.15) is 158 Å². The maximum absolute atomic E-state index is 14.6. The Labute approximate surface area is 571 Å². The summed E-state index contributed by atoms with van der Waals surface area (Å²) in [6, 6.07) is -7.13. The number of aromatic nitrogens is 3. The SMILES string of the molecule is CCC(C)C(=O)c1nc(C(=O)NC(CC(C)C)C(=O)NC(CCC(=O)O)C(=O)NC(C(=O)NCCCCC2NC(=O)C(CC(N)=O)NC(=O)C(CC(=O)O)NC(=O)C(Cc3cnc[nH]3)NC(=O)C(Cc3ccccc3)NC(=O)C(C(C)C)NC(=O)C(CCCN)NC2=O)C(C)C)cs1. The van der Waals surface area contributed by atoms with Gasteiger partial charge in [0.15, 0.2) is 10.8 Å². The number of unbranched alkanes of at least 4 members (excludes halogenated alkanes) is 1. The van der Waals surface area contributed by atoms with Gasteiger partial charge in [-0.05, 0) is 81.2 Å². The minimum absolute atomic E-state index is 0.0139. The second-order valence-electron chi connectivity index (χ2n) is 25.1. The normalized spacial score (nSPS) is 20.4. The van der Waals surface area contributed by atoms with Crippen molar-refractivity contribution in [2.45, 2.75) is 199 Å². The number of carbonyl (C=O) groups excluding carboxylic acids is 13. The lowest BCUT2D eigenvalue weighted by molar-refractivity contribution is -0.142. The van der Waals surface area contributed by atoms with E-state index in [0.717, 1.165) is 11.3 Å². The van der Waals surface area contributed by atoms with Crippen LogP contribution >= 0.6 is 11.3 Å². The van der Waals surface area contributed by atoms with Crippen molar-refractivity contribution in [3.63, 3.8) is 0 Å². The van der Waals surface area contributed by atoms with Crippen molar-refractivity contribution in [2.75, 3.05) is 13.1 Å². The molecule has 1 aliphatic rings. The van der Waals surface area contributed by atoms with E-state index >= 15 is 0 Å². The number of nitrogens with two attached hydrogens (primary N) is 2. The summed E-state index contributed by atoms with van der Waals surface area (Å²) >= 11 is 0.973. The highest BCUT2D eigenvalue weighted by Crippen LogP contribution is 2.19. The number of benzene rings is 1. The fraction of sp³-hybridized carbons (Fsp3) is 0.578. The fourth-order valence-electron chi connectivity index (χ4n) is 10.2. The molecule has 1 fully saturated rings. The first-order valence-electron chi connectivity index (χ1n) is 32.6. The number of Topliss-reactive ketones (excluding diaryl/α,β-unsaturated/α-hetero) is 1. The second kappa shape index (κ2) is 40.1. The number of ketones is 1. The Balaban J connectivity index is 1.64. The van der Waals surface area contributed by atoms with Gasteiger partial charge in [-0.25, -0.2) is 9.97 Å². The molecule has 1 saturated heterocycles. The molecule has 0 aliphatic carbocycles. The van der Waals surface area contributed by atoms with E-state index in [1.54, 1.807) is 78.8 Å². The van der Waals surface area contributed by atoms with Crippen LogP contribution in [0.15, 0.2) is 48.2 Å². The van der Waals surface area contributed by atoms with Crippen molar-refractivity contribution in [2.24, 2.45) is 35.1 Å². The number of hydrogen-bond donors (Lipinski definition) is 16. The molecular formula is C64H94N16O17S. The summed E-state index contributed by atoms with van der Waals surface area (Å²) in [5.41, 5.74) is 12.2. The van der Waals surface area contributed by atoms with Crippen LogP contribution in [0, 0.1) is 23.7 Å². The number of nitrogens with one attached hydrogen (secondary N) is 12. The van der Waals surface area contributed by atoms with Crippen LogP contribution in [0.25, 0.3) is 0 Å². The van der Waals surface area contributed by atoms with Gasteiger partial charge in [0.25, 0.3) is 5.91 Å². The lowest BCUT2D eigenvalue weighted by Crippen LogP contribution is -2.61. The highest BCUT2D eigenvalue weighted by molar-refractivity contribution is 7.12. The van der Waals surface area contributed by atoms with E-state index in [-0.39, 0.29) is 98.5 Å². The van der Waals surface area contributed by atoms with Crippen molar-refractivity contribution < 1.29 is 82.1 Å². The molecule has 34 heteroatoms. The number of thiazole rings is 1. The maximum atomic E-state index is 14.6. The molecule has 11 unspecified atom stereocenters. The Kier molecular flexibility index (Phi) is 33.0. The van der Waals surface area contributed by atoms with Crippen molar-refractivity contribution in [3.8, 4) is 0 Å². The third-order valence-electron chi connectivity index (χ3n) is 15.9. The smallest absolute Gasteiger partial charge is 0.305 e. The summed E-state index contributed by atoms with van der Waals surface area (Å²) in [5.74, 6) is -16.8. The summed E-state index contributed by atoms with van der Waals surface area (Å²) in [7, 11) is 0. The molecule has 98 heavy (non-hydrogen) atoms. The molecule has 11 atom stereocenters. The van der Waals surface area contributed by atoms with Gasteiger partial charge in [-0.1, -0.05) is 85.7 Å². The van der Waals surface area contributed by atoms with Gasteiger partial charge in [-0.2, -0.15) is 0 Å². The van der Waals surface area contributed by atoms with Crippen LogP contribution < -0.4 is 70.0 Å². The number of primary amides is 1. The van der Waals surface area contributed by atoms with Crippen molar-refractivity contribution in [1.82, 2.24) is 73.4 Å². The molecule has 18 N–H and O–H groups in total. The van der Waals surface area contributed by atoms with Gasteiger partial charge in [0.05, 0.1) is 19.2 Å². The quantitative estimate of drug-likeness (QED) is 0.0248. The number of imidazole rings is 1. The molecule has 3 heterocycles. The zero-order chi connectivity index (χ0) is 72.9. The molecular weight excluding hydrogens is 1300 g/mol. The molecule has 1 aliphatic heterocycles. The van der Waals surface area contributed by atoms with E-state index in [0.29, 0.717) is 12.0 Å². The van der Waals surface area contributed by atoms with Crippen molar-refractivity contribution >= 4 is 99.9 Å². The van der Waals surface area contributed by atoms with Gasteiger partial charge in [-0.3, -0.25) is 71.9 Å². The minimum atomic E-state index is -2.00. The number of nitrogens with zero attached hydrogens (tertiary/aromatic N) is 2. The summed E-state index contributed by atoms with van der Waals surface area (Å²) in [6.07, 6.45) is -0.575. The summed E-state index contributed by atoms with van der Waals surface area (Å²) in [5, 5.41) is 49.1. The molecule has 538 valence electrons. The van der Waals surface area contributed by atoms with E-state index in [9.17, 15) is 82.1 Å². The predicted molar refractivity (Wildman–Crippen MR) is 354 cm³/mol. The average Bonchev–Trinajstić information content (AvgIpc) is 1.34. The molecule has 4 rings (SSSR count). The van der Waals surface area contributed by atoms with Crippen LogP contribution in [0.5, 0.6) is 0 Å². The first kappa shape index (κ1) is 80.7. The topological polar surface area (TPSA) is 522 Å². The van der Waals surface area contributed by atoms with E-state index in [4.69, 9.17) is 11.5 Å². The van der Waals surface area contributed by atoms with Crippen LogP contribution in [-0.4, -0.2) is 187 Å². The van der Waals surface area contributed by atoms with Gasteiger partial charge in [0.1, 0.15) is 66.1 Å². The molecule has 12 amide bonds. The standard InChI is InChI=1S/C64H94N16O17S/c1-9-35(8)52(86)64-78-46(30-98-64)61(95)73-41(24-32(2)3)56(90)72-40(20-21-48(82)83)55(89)79-50(33(4)5)62(96)68-23-14-13-18-38-53(87)70-39(19-15-22-65)54(88)80-51(34(6)7)63(97)77-42(25-36-16-11-10-12-17-36)57(91)74-43(26-37-29-67-31-69-37)58(92)76-45(28-49(84)85)60(94)75-44(27-47(66)81)59(93)71-38/h10-12,16-17,29-35,38-45,50-51H,9,13-15,18-28,65H2,1-8H3,(H2,66,81)(H,67,69)(H,68,96)(H,70,87)(H,71,93)(H,72,90)(H,73,95)(H,74,91)(H,75,94)(H,76,92)(H,77,97)(H,79,89)(H,80,88)(H,82,83)(H,84,85). The van der Waals surface area contributed by atoms with Gasteiger partial charge < -0.3 is 85.1 Å². The van der Waals surface area contributed by atoms with E-state index in [2.05, 4.69) is 73.4 Å². The number of aliphatic carboxylic acids is 2. The number of carboxylic acids is 2. The largest absolute Gasteiger partial charge is 0.481 e. The first-order valence-corrected chi connectivity index (χ1v) is 33.4. The van der Waals surface area contributed by atoms with Gasteiger partial charge >= 0.3 is 11.9 Å². The van der Waals surface area contributed by atoms with Gasteiger partial charge in [0, 0.05) is 49.0 Å². The number of hydrogen-bond acceptors (Lipinski definition) is 19. The predicted octanol–water partition coefficient (Wildman–Crippen LogP) is -1.35. The zero-order valence-corrected chi connectivity index (χ0v) is 57.1. The zero-order valence-electron chi connectivity index (χ0n) is 56.3. The van der Waals surface area contributed by atoms with E-state index in [1.165, 1.54) is 17.9 Å². The Morgan fingerprint density at radius 1 is 0.622 bits per heavy atom. The number of carbonyl (C=O) groups is 15. The molecule has 0 spiro atoms. The molecule has 33 nitrogen and oxygen atoms in total. The Hall–Kier alpha value is -9.73. The average molecular weight is 1390 g/mol. The lowest BCUT2D eigenvalue weighted by Gasteiger charge is -2.29. The lowest BCUT2D eigenvalue weighted by atomic mass is 9.99. The van der Waals surface area contributed by atoms with Gasteiger partial charge in [-0.15, -0.1) is 11.3 Å². The molecule has 3 aromatic rings. The number of carboxylic acid groups (broad SMARTS) is 2. The Morgan fingerprint density at radius 3 is 1.72 bits per heavy atom. The summed E-state index contributed by atoms with van der Waals surface area (Å²) in [6.45, 7) is 13.4.